The number of rotatable bonds is 4. The van der Waals surface area contributed by atoms with Gasteiger partial charge >= 0.3 is 0 Å². The quantitative estimate of drug-likeness (QED) is 0.586. The summed E-state index contributed by atoms with van der Waals surface area (Å²) in [5, 5.41) is 9.68. The van der Waals surface area contributed by atoms with E-state index >= 15 is 0 Å². The summed E-state index contributed by atoms with van der Waals surface area (Å²) in [7, 11) is 0. The van der Waals surface area contributed by atoms with Gasteiger partial charge in [0.2, 0.25) is 0 Å². The molecule has 1 N–H and O–H groups in total. The molecule has 4 heteroatoms. The number of benzene rings is 3. The Morgan fingerprint density at radius 1 is 0.867 bits per heavy atom. The molecule has 2 aliphatic rings. The Hall–Kier alpha value is -3.24. The number of fused-ring (bicyclic) bond motifs is 1. The summed E-state index contributed by atoms with van der Waals surface area (Å²) in [6, 6.07) is 23.3. The van der Waals surface area contributed by atoms with Gasteiger partial charge in [0.1, 0.15) is 23.4 Å². The topological polar surface area (TPSA) is 47.9 Å². The molecule has 2 unspecified atom stereocenters. The lowest BCUT2D eigenvalue weighted by atomic mass is 9.91. The van der Waals surface area contributed by atoms with Crippen LogP contribution in [0.5, 0.6) is 17.2 Å². The summed E-state index contributed by atoms with van der Waals surface area (Å²) in [6.45, 7) is 0.765. The lowest BCUT2D eigenvalue weighted by molar-refractivity contribution is -0.105. The molecule has 2 aliphatic heterocycles. The van der Waals surface area contributed by atoms with Crippen molar-refractivity contribution in [1.29, 1.82) is 0 Å². The first-order valence-electron chi connectivity index (χ1n) is 10.4. The van der Waals surface area contributed by atoms with Crippen LogP contribution in [0.3, 0.4) is 0 Å². The Morgan fingerprint density at radius 3 is 2.43 bits per heavy atom. The molecule has 0 amide bonds. The van der Waals surface area contributed by atoms with Crippen molar-refractivity contribution in [2.24, 2.45) is 0 Å². The Kier molecular flexibility index (Phi) is 5.16. The van der Waals surface area contributed by atoms with Crippen LogP contribution < -0.4 is 9.47 Å². The van der Waals surface area contributed by atoms with E-state index in [1.807, 2.05) is 42.5 Å². The Labute approximate surface area is 176 Å². The van der Waals surface area contributed by atoms with E-state index in [-0.39, 0.29) is 18.1 Å². The van der Waals surface area contributed by atoms with Gasteiger partial charge in [-0.2, -0.15) is 0 Å². The summed E-state index contributed by atoms with van der Waals surface area (Å²) in [5.41, 5.74) is 4.18. The van der Waals surface area contributed by atoms with Crippen molar-refractivity contribution in [2.75, 3.05) is 6.61 Å². The number of hydrogen-bond acceptors (Lipinski definition) is 4. The van der Waals surface area contributed by atoms with Gasteiger partial charge in [0, 0.05) is 17.6 Å². The van der Waals surface area contributed by atoms with Crippen molar-refractivity contribution in [3.63, 3.8) is 0 Å². The molecular weight excluding hydrogens is 376 g/mol. The summed E-state index contributed by atoms with van der Waals surface area (Å²) in [5.74, 6) is 1.91. The van der Waals surface area contributed by atoms with Gasteiger partial charge in [-0.15, -0.1) is 0 Å². The predicted octanol–water partition coefficient (Wildman–Crippen LogP) is 5.97. The molecule has 3 aromatic rings. The normalized spacial score (nSPS) is 20.6. The molecule has 2 atom stereocenters. The molecule has 1 fully saturated rings. The van der Waals surface area contributed by atoms with Crippen molar-refractivity contribution >= 4 is 11.6 Å². The monoisotopic (exact) mass is 400 g/mol. The molecule has 1 saturated heterocycles. The molecule has 0 bridgehead atoms. The Balaban J connectivity index is 1.46. The Morgan fingerprint density at radius 2 is 1.67 bits per heavy atom. The van der Waals surface area contributed by atoms with Gasteiger partial charge in [0.05, 0.1) is 6.61 Å². The Bertz CT molecular complexity index is 1030. The van der Waals surface area contributed by atoms with Gasteiger partial charge in [0.25, 0.3) is 0 Å². The van der Waals surface area contributed by atoms with Gasteiger partial charge in [0.15, 0.2) is 6.29 Å². The molecule has 30 heavy (non-hydrogen) atoms. The smallest absolute Gasteiger partial charge is 0.199 e. The zero-order chi connectivity index (χ0) is 20.3. The van der Waals surface area contributed by atoms with Crippen molar-refractivity contribution in [2.45, 2.75) is 31.7 Å². The van der Waals surface area contributed by atoms with Crippen LogP contribution in [-0.2, 0) is 4.74 Å². The summed E-state index contributed by atoms with van der Waals surface area (Å²) in [6.07, 6.45) is 4.94. The highest BCUT2D eigenvalue weighted by Gasteiger charge is 2.25. The molecular formula is C26H24O4. The molecule has 2 heterocycles. The standard InChI is InChI=1S/C26H24O4/c27-21-12-8-19(9-13-21)26-23(17-20-5-1-2-6-24(20)30-26)18-10-14-22(15-11-18)29-25-7-3-4-16-28-25/h1-2,5-6,8-15,17,25-27H,3-4,7,16H2. The van der Waals surface area contributed by atoms with E-state index in [4.69, 9.17) is 14.2 Å². The summed E-state index contributed by atoms with van der Waals surface area (Å²) < 4.78 is 18.0. The number of phenols is 1. The fraction of sp³-hybridized carbons (Fsp3) is 0.231. The number of para-hydroxylation sites is 1. The van der Waals surface area contributed by atoms with E-state index < -0.39 is 0 Å². The van der Waals surface area contributed by atoms with Crippen LogP contribution in [0.2, 0.25) is 0 Å². The number of ether oxygens (including phenoxy) is 3. The van der Waals surface area contributed by atoms with Crippen molar-refractivity contribution in [3.8, 4) is 17.2 Å². The maximum absolute atomic E-state index is 9.68. The summed E-state index contributed by atoms with van der Waals surface area (Å²) >= 11 is 0. The van der Waals surface area contributed by atoms with Crippen molar-refractivity contribution < 1.29 is 19.3 Å². The zero-order valence-corrected chi connectivity index (χ0v) is 16.7. The minimum absolute atomic E-state index is 0.154. The molecule has 5 rings (SSSR count). The minimum atomic E-state index is -0.256. The second kappa shape index (κ2) is 8.25. The molecule has 0 spiro atoms. The van der Waals surface area contributed by atoms with Gasteiger partial charge in [-0.1, -0.05) is 42.5 Å². The average molecular weight is 400 g/mol. The lowest BCUT2D eigenvalue weighted by Gasteiger charge is -2.28. The van der Waals surface area contributed by atoms with Crippen LogP contribution in [0, 0.1) is 0 Å². The second-order valence-corrected chi connectivity index (χ2v) is 7.67. The highest BCUT2D eigenvalue weighted by molar-refractivity contribution is 5.88. The van der Waals surface area contributed by atoms with Crippen LogP contribution in [0.15, 0.2) is 72.8 Å². The third kappa shape index (κ3) is 3.91. The van der Waals surface area contributed by atoms with Gasteiger partial charge in [-0.05, 0) is 60.4 Å². The van der Waals surface area contributed by atoms with E-state index in [2.05, 4.69) is 24.3 Å². The van der Waals surface area contributed by atoms with Crippen molar-refractivity contribution in [3.05, 3.63) is 89.5 Å². The highest BCUT2D eigenvalue weighted by Crippen LogP contribution is 2.42. The number of hydrogen-bond donors (Lipinski definition) is 1. The molecule has 0 radical (unpaired) electrons. The number of aromatic hydroxyl groups is 1. The third-order valence-corrected chi connectivity index (χ3v) is 5.55. The number of phenolic OH excluding ortho intramolecular Hbond substituents is 1. The van der Waals surface area contributed by atoms with E-state index in [1.54, 1.807) is 12.1 Å². The maximum Gasteiger partial charge on any atom is 0.199 e. The first kappa shape index (κ1) is 18.8. The van der Waals surface area contributed by atoms with Crippen LogP contribution in [-0.4, -0.2) is 18.0 Å². The van der Waals surface area contributed by atoms with E-state index in [0.29, 0.717) is 0 Å². The highest BCUT2D eigenvalue weighted by atomic mass is 16.7. The molecule has 152 valence electrons. The fourth-order valence-corrected chi connectivity index (χ4v) is 3.95. The first-order chi connectivity index (χ1) is 14.8. The second-order valence-electron chi connectivity index (χ2n) is 7.67. The maximum atomic E-state index is 9.68. The van der Waals surface area contributed by atoms with E-state index in [0.717, 1.165) is 59.6 Å². The van der Waals surface area contributed by atoms with Crippen molar-refractivity contribution in [1.82, 2.24) is 0 Å². The minimum Gasteiger partial charge on any atom is -0.508 e. The van der Waals surface area contributed by atoms with E-state index in [9.17, 15) is 5.11 Å². The fourth-order valence-electron chi connectivity index (χ4n) is 3.95. The third-order valence-electron chi connectivity index (χ3n) is 5.55. The first-order valence-corrected chi connectivity index (χ1v) is 10.4. The molecule has 4 nitrogen and oxygen atoms in total. The average Bonchev–Trinajstić information content (AvgIpc) is 2.80. The zero-order valence-electron chi connectivity index (χ0n) is 16.7. The van der Waals surface area contributed by atoms with Crippen LogP contribution in [0.1, 0.15) is 42.1 Å². The molecule has 0 saturated carbocycles. The lowest BCUT2D eigenvalue weighted by Crippen LogP contribution is -2.24. The van der Waals surface area contributed by atoms with Gasteiger partial charge in [-0.25, -0.2) is 0 Å². The molecule has 0 aliphatic carbocycles. The predicted molar refractivity (Wildman–Crippen MR) is 116 cm³/mol. The van der Waals surface area contributed by atoms with Crippen LogP contribution in [0.25, 0.3) is 11.6 Å². The van der Waals surface area contributed by atoms with Gasteiger partial charge in [-0.3, -0.25) is 0 Å². The van der Waals surface area contributed by atoms with Crippen LogP contribution in [0.4, 0.5) is 0 Å². The SMILES string of the molecule is Oc1ccc(C2Oc3ccccc3C=C2c2ccc(OC3CCCCO3)cc2)cc1. The summed E-state index contributed by atoms with van der Waals surface area (Å²) in [4.78, 5) is 0. The largest absolute Gasteiger partial charge is 0.508 e. The van der Waals surface area contributed by atoms with Gasteiger partial charge < -0.3 is 19.3 Å². The van der Waals surface area contributed by atoms with E-state index in [1.165, 1.54) is 0 Å². The van der Waals surface area contributed by atoms with Crippen LogP contribution >= 0.6 is 0 Å². The molecule has 3 aromatic carbocycles. The molecule has 0 aromatic heterocycles.